The van der Waals surface area contributed by atoms with Crippen molar-refractivity contribution in [2.75, 3.05) is 6.61 Å². The summed E-state index contributed by atoms with van der Waals surface area (Å²) in [5, 5.41) is 40.8. The van der Waals surface area contributed by atoms with E-state index in [9.17, 15) is 20.4 Å². The van der Waals surface area contributed by atoms with Gasteiger partial charge in [-0.3, -0.25) is 0 Å². The minimum absolute atomic E-state index is 0.194. The van der Waals surface area contributed by atoms with E-state index in [0.717, 1.165) is 42.1 Å². The van der Waals surface area contributed by atoms with E-state index in [1.807, 2.05) is 12.1 Å². The summed E-state index contributed by atoms with van der Waals surface area (Å²) in [5.74, 6) is 1.48. The molecule has 3 fully saturated rings. The molecule has 1 unspecified atom stereocenters. The van der Waals surface area contributed by atoms with Crippen molar-refractivity contribution in [1.29, 1.82) is 0 Å². The Kier molecular flexibility index (Phi) is 6.47. The summed E-state index contributed by atoms with van der Waals surface area (Å²) in [6.07, 6.45) is 0.779. The van der Waals surface area contributed by atoms with Crippen LogP contribution >= 0.6 is 0 Å². The van der Waals surface area contributed by atoms with E-state index in [-0.39, 0.29) is 6.10 Å². The molecule has 0 aromatic heterocycles. The highest BCUT2D eigenvalue weighted by atomic mass is 16.5. The number of ether oxygens (including phenoxy) is 2. The van der Waals surface area contributed by atoms with Gasteiger partial charge in [-0.2, -0.15) is 0 Å². The zero-order valence-corrected chi connectivity index (χ0v) is 19.1. The van der Waals surface area contributed by atoms with Gasteiger partial charge in [-0.25, -0.2) is 0 Å². The van der Waals surface area contributed by atoms with E-state index in [2.05, 4.69) is 31.2 Å². The molecule has 6 heteroatoms. The van der Waals surface area contributed by atoms with Gasteiger partial charge in [-0.1, -0.05) is 30.3 Å². The van der Waals surface area contributed by atoms with Crippen LogP contribution in [0.3, 0.4) is 0 Å². The van der Waals surface area contributed by atoms with Crippen LogP contribution in [-0.4, -0.2) is 57.6 Å². The van der Waals surface area contributed by atoms with E-state index in [0.29, 0.717) is 12.0 Å². The van der Waals surface area contributed by atoms with Crippen molar-refractivity contribution in [2.45, 2.75) is 88.0 Å². The average molecular weight is 455 g/mol. The van der Waals surface area contributed by atoms with E-state index in [4.69, 9.17) is 9.47 Å². The lowest BCUT2D eigenvalue weighted by atomic mass is 9.88. The summed E-state index contributed by atoms with van der Waals surface area (Å²) >= 11 is 0. The fourth-order valence-electron chi connectivity index (χ4n) is 4.83. The van der Waals surface area contributed by atoms with Crippen LogP contribution in [0.5, 0.6) is 5.75 Å². The van der Waals surface area contributed by atoms with Gasteiger partial charge in [0, 0.05) is 0 Å². The van der Waals surface area contributed by atoms with E-state index >= 15 is 0 Å². The highest BCUT2D eigenvalue weighted by Gasteiger charge is 2.44. The quantitative estimate of drug-likeness (QED) is 0.514. The van der Waals surface area contributed by atoms with Crippen molar-refractivity contribution in [1.82, 2.24) is 0 Å². The molecule has 3 aliphatic rings. The van der Waals surface area contributed by atoms with Crippen molar-refractivity contribution in [3.63, 3.8) is 0 Å². The monoisotopic (exact) mass is 454 g/mol. The van der Waals surface area contributed by atoms with Crippen molar-refractivity contribution >= 4 is 0 Å². The predicted molar refractivity (Wildman–Crippen MR) is 123 cm³/mol. The molecule has 1 saturated heterocycles. The average Bonchev–Trinajstić information content (AvgIpc) is 3.63. The maximum Gasteiger partial charge on any atom is 0.123 e. The first-order chi connectivity index (χ1) is 15.9. The standard InChI is InChI=1S/C27H34O6/c1-15-19(11-16-5-7-17(8-6-16)18-9-10-18)12-20(13-22(15)32-21-3-2-4-21)27-26(31)25(30)24(29)23(14-28)33-27/h5-8,12-13,18,21,23-31H,2-4,9-11,14H2,1H3/t23-,24-,25?,26-,27+/m1/s1. The van der Waals surface area contributed by atoms with Gasteiger partial charge in [0.25, 0.3) is 0 Å². The molecule has 2 aromatic rings. The highest BCUT2D eigenvalue weighted by Crippen LogP contribution is 2.41. The molecule has 2 aromatic carbocycles. The molecule has 178 valence electrons. The molecule has 6 nitrogen and oxygen atoms in total. The summed E-state index contributed by atoms with van der Waals surface area (Å²) in [6, 6.07) is 12.7. The Morgan fingerprint density at radius 2 is 1.64 bits per heavy atom. The number of rotatable bonds is 7. The summed E-state index contributed by atoms with van der Waals surface area (Å²) in [4.78, 5) is 0. The third-order valence-electron chi connectivity index (χ3n) is 7.48. The predicted octanol–water partition coefficient (Wildman–Crippen LogP) is 2.91. The second kappa shape index (κ2) is 9.35. The number of aliphatic hydroxyl groups excluding tert-OH is 4. The molecule has 5 atom stereocenters. The van der Waals surface area contributed by atoms with Gasteiger partial charge >= 0.3 is 0 Å². The van der Waals surface area contributed by atoms with Crippen LogP contribution in [0.2, 0.25) is 0 Å². The topological polar surface area (TPSA) is 99.4 Å². The number of hydrogen-bond donors (Lipinski definition) is 4. The molecule has 0 bridgehead atoms. The summed E-state index contributed by atoms with van der Waals surface area (Å²) in [7, 11) is 0. The Balaban J connectivity index is 1.47. The van der Waals surface area contributed by atoms with E-state index in [1.54, 1.807) is 0 Å². The number of benzene rings is 2. The van der Waals surface area contributed by atoms with Crippen LogP contribution < -0.4 is 4.74 Å². The van der Waals surface area contributed by atoms with Crippen molar-refractivity contribution in [2.24, 2.45) is 0 Å². The fraction of sp³-hybridized carbons (Fsp3) is 0.556. The number of aliphatic hydroxyl groups is 4. The maximum absolute atomic E-state index is 10.7. The Morgan fingerprint density at radius 3 is 2.24 bits per heavy atom. The molecule has 1 heterocycles. The van der Waals surface area contributed by atoms with Gasteiger partial charge in [0.15, 0.2) is 0 Å². The zero-order valence-electron chi connectivity index (χ0n) is 19.1. The van der Waals surface area contributed by atoms with Crippen LogP contribution in [-0.2, 0) is 11.2 Å². The van der Waals surface area contributed by atoms with Crippen LogP contribution in [0.4, 0.5) is 0 Å². The van der Waals surface area contributed by atoms with Gasteiger partial charge in [0.05, 0.1) is 12.7 Å². The molecular weight excluding hydrogens is 420 g/mol. The molecule has 2 saturated carbocycles. The lowest BCUT2D eigenvalue weighted by Crippen LogP contribution is -2.55. The summed E-state index contributed by atoms with van der Waals surface area (Å²) in [6.45, 7) is 1.61. The molecule has 0 radical (unpaired) electrons. The Hall–Kier alpha value is -1.96. The van der Waals surface area contributed by atoms with Gasteiger partial charge < -0.3 is 29.9 Å². The highest BCUT2D eigenvalue weighted by molar-refractivity contribution is 5.47. The zero-order chi connectivity index (χ0) is 23.1. The fourth-order valence-corrected chi connectivity index (χ4v) is 4.83. The first kappa shape index (κ1) is 22.8. The van der Waals surface area contributed by atoms with Gasteiger partial charge in [0.2, 0.25) is 0 Å². The largest absolute Gasteiger partial charge is 0.490 e. The Bertz CT molecular complexity index is 963. The van der Waals surface area contributed by atoms with Crippen molar-refractivity contribution < 1.29 is 29.9 Å². The molecular formula is C27H34O6. The van der Waals surface area contributed by atoms with E-state index in [1.165, 1.54) is 24.0 Å². The van der Waals surface area contributed by atoms with E-state index < -0.39 is 37.1 Å². The third-order valence-corrected chi connectivity index (χ3v) is 7.48. The van der Waals surface area contributed by atoms with Gasteiger partial charge in [-0.15, -0.1) is 0 Å². The Labute approximate surface area is 194 Å². The normalized spacial score (nSPS) is 30.2. The van der Waals surface area contributed by atoms with Crippen LogP contribution in [0.15, 0.2) is 36.4 Å². The second-order valence-corrected chi connectivity index (χ2v) is 9.92. The number of hydrogen-bond acceptors (Lipinski definition) is 6. The van der Waals surface area contributed by atoms with Gasteiger partial charge in [-0.05, 0) is 85.3 Å². The lowest BCUT2D eigenvalue weighted by Gasteiger charge is -2.40. The van der Waals surface area contributed by atoms with Gasteiger partial charge in [0.1, 0.15) is 36.3 Å². The molecule has 5 rings (SSSR count). The van der Waals surface area contributed by atoms with Crippen LogP contribution in [0, 0.1) is 6.92 Å². The maximum atomic E-state index is 10.7. The third kappa shape index (κ3) is 4.68. The summed E-state index contributed by atoms with van der Waals surface area (Å²) in [5.41, 5.74) is 5.40. The lowest BCUT2D eigenvalue weighted by molar-refractivity contribution is -0.231. The Morgan fingerprint density at radius 1 is 0.909 bits per heavy atom. The minimum atomic E-state index is -1.41. The van der Waals surface area contributed by atoms with Crippen molar-refractivity contribution in [3.8, 4) is 5.75 Å². The van der Waals surface area contributed by atoms with Crippen molar-refractivity contribution in [3.05, 3.63) is 64.2 Å². The van der Waals surface area contributed by atoms with Crippen LogP contribution in [0.25, 0.3) is 0 Å². The minimum Gasteiger partial charge on any atom is -0.490 e. The SMILES string of the molecule is Cc1c(Cc2ccc(C3CC3)cc2)cc([C@@H]2O[C@H](CO)[C@@H](O)C(O)[C@H]2O)cc1OC1CCC1. The smallest absolute Gasteiger partial charge is 0.123 e. The summed E-state index contributed by atoms with van der Waals surface area (Å²) < 4.78 is 12.1. The molecule has 0 spiro atoms. The second-order valence-electron chi connectivity index (χ2n) is 9.92. The first-order valence-corrected chi connectivity index (χ1v) is 12.1. The first-order valence-electron chi connectivity index (χ1n) is 12.1. The molecule has 33 heavy (non-hydrogen) atoms. The van der Waals surface area contributed by atoms with Crippen LogP contribution in [0.1, 0.15) is 71.9 Å². The molecule has 2 aliphatic carbocycles. The molecule has 1 aliphatic heterocycles. The molecule has 4 N–H and O–H groups in total. The molecule has 0 amide bonds.